The number of aromatic nitrogens is 2. The van der Waals surface area contributed by atoms with Crippen LogP contribution in [0.2, 0.25) is 4.34 Å². The molecule has 66 valence electrons. The SMILES string of the molecule is Clc1ccc(-c2cc(Br)cnn2)s1. The molecule has 0 radical (unpaired) electrons. The summed E-state index contributed by atoms with van der Waals surface area (Å²) in [7, 11) is 0. The molecule has 0 bridgehead atoms. The van der Waals surface area contributed by atoms with Crippen LogP contribution in [0.15, 0.2) is 28.9 Å². The summed E-state index contributed by atoms with van der Waals surface area (Å²) in [6.45, 7) is 0. The number of nitrogens with zero attached hydrogens (tertiary/aromatic N) is 2. The van der Waals surface area contributed by atoms with Gasteiger partial charge in [-0.05, 0) is 34.1 Å². The topological polar surface area (TPSA) is 25.8 Å². The molecule has 0 aromatic carbocycles. The average Bonchev–Trinajstić information content (AvgIpc) is 2.52. The van der Waals surface area contributed by atoms with Crippen LogP contribution in [0.1, 0.15) is 0 Å². The second-order valence-electron chi connectivity index (χ2n) is 2.36. The van der Waals surface area contributed by atoms with Gasteiger partial charge >= 0.3 is 0 Å². The molecule has 2 aromatic rings. The van der Waals surface area contributed by atoms with Crippen LogP contribution in [-0.2, 0) is 0 Å². The number of rotatable bonds is 1. The molecule has 0 unspecified atom stereocenters. The molecule has 0 aliphatic carbocycles. The summed E-state index contributed by atoms with van der Waals surface area (Å²) < 4.78 is 1.68. The first-order chi connectivity index (χ1) is 6.25. The van der Waals surface area contributed by atoms with Gasteiger partial charge in [0.1, 0.15) is 5.69 Å². The maximum Gasteiger partial charge on any atom is 0.104 e. The van der Waals surface area contributed by atoms with Crippen LogP contribution in [-0.4, -0.2) is 10.2 Å². The minimum absolute atomic E-state index is 0.761. The van der Waals surface area contributed by atoms with Gasteiger partial charge in [0, 0.05) is 4.47 Å². The smallest absolute Gasteiger partial charge is 0.104 e. The molecule has 5 heteroatoms. The maximum atomic E-state index is 5.81. The van der Waals surface area contributed by atoms with E-state index in [-0.39, 0.29) is 0 Å². The van der Waals surface area contributed by atoms with Crippen molar-refractivity contribution in [3.05, 3.63) is 33.2 Å². The van der Waals surface area contributed by atoms with Crippen LogP contribution in [0.3, 0.4) is 0 Å². The molecular weight excluding hydrogens is 272 g/mol. The van der Waals surface area contributed by atoms with Gasteiger partial charge in [-0.15, -0.1) is 16.4 Å². The molecule has 2 aromatic heterocycles. The standard InChI is InChI=1S/C8H4BrClN2S/c9-5-3-6(12-11-4-5)7-1-2-8(10)13-7/h1-4H. The van der Waals surface area contributed by atoms with E-state index in [4.69, 9.17) is 11.6 Å². The van der Waals surface area contributed by atoms with Gasteiger partial charge in [0.05, 0.1) is 15.4 Å². The Balaban J connectivity index is 2.46. The summed E-state index contributed by atoms with van der Waals surface area (Å²) in [6.07, 6.45) is 1.65. The first-order valence-corrected chi connectivity index (χ1v) is 5.48. The molecule has 0 N–H and O–H groups in total. The Hall–Kier alpha value is -0.450. The Morgan fingerprint density at radius 3 is 2.85 bits per heavy atom. The second-order valence-corrected chi connectivity index (χ2v) is 4.99. The lowest BCUT2D eigenvalue weighted by molar-refractivity contribution is 1.03. The van der Waals surface area contributed by atoms with Crippen molar-refractivity contribution < 1.29 is 0 Å². The van der Waals surface area contributed by atoms with Gasteiger partial charge in [0.25, 0.3) is 0 Å². The molecule has 2 nitrogen and oxygen atoms in total. The molecule has 0 spiro atoms. The molecule has 0 atom stereocenters. The summed E-state index contributed by atoms with van der Waals surface area (Å²) in [6, 6.07) is 5.70. The van der Waals surface area contributed by atoms with Crippen LogP contribution in [0, 0.1) is 0 Å². The van der Waals surface area contributed by atoms with E-state index in [1.165, 1.54) is 11.3 Å². The molecule has 0 amide bonds. The van der Waals surface area contributed by atoms with Crippen LogP contribution in [0.5, 0.6) is 0 Å². The number of halogens is 2. The highest BCUT2D eigenvalue weighted by Gasteiger charge is 2.03. The zero-order valence-electron chi connectivity index (χ0n) is 6.37. The Morgan fingerprint density at radius 1 is 1.38 bits per heavy atom. The molecule has 0 aliphatic heterocycles. The third-order valence-corrected chi connectivity index (χ3v) is 3.13. The van der Waals surface area contributed by atoms with Crippen LogP contribution < -0.4 is 0 Å². The summed E-state index contributed by atoms with van der Waals surface area (Å²) in [5.74, 6) is 0. The normalized spacial score (nSPS) is 10.3. The lowest BCUT2D eigenvalue weighted by Crippen LogP contribution is -1.83. The molecule has 0 saturated heterocycles. The lowest BCUT2D eigenvalue weighted by Gasteiger charge is -1.94. The summed E-state index contributed by atoms with van der Waals surface area (Å²) >= 11 is 10.6. The molecule has 0 fully saturated rings. The quantitative estimate of drug-likeness (QED) is 0.794. The van der Waals surface area contributed by atoms with E-state index in [1.807, 2.05) is 18.2 Å². The van der Waals surface area contributed by atoms with Gasteiger partial charge in [-0.3, -0.25) is 0 Å². The number of hydrogen-bond donors (Lipinski definition) is 0. The third kappa shape index (κ3) is 2.07. The fraction of sp³-hybridized carbons (Fsp3) is 0. The number of hydrogen-bond acceptors (Lipinski definition) is 3. The van der Waals surface area contributed by atoms with Crippen LogP contribution >= 0.6 is 38.9 Å². The highest BCUT2D eigenvalue weighted by Crippen LogP contribution is 2.30. The van der Waals surface area contributed by atoms with Gasteiger partial charge < -0.3 is 0 Å². The Morgan fingerprint density at radius 2 is 2.23 bits per heavy atom. The van der Waals surface area contributed by atoms with E-state index in [0.29, 0.717) is 0 Å². The van der Waals surface area contributed by atoms with E-state index in [0.717, 1.165) is 19.4 Å². The minimum atomic E-state index is 0.761. The summed E-state index contributed by atoms with van der Waals surface area (Å²) in [5, 5.41) is 7.83. The van der Waals surface area contributed by atoms with E-state index in [1.54, 1.807) is 6.20 Å². The number of thiophene rings is 1. The molecule has 2 heterocycles. The van der Waals surface area contributed by atoms with Crippen molar-refractivity contribution in [2.45, 2.75) is 0 Å². The van der Waals surface area contributed by atoms with Crippen molar-refractivity contribution in [2.75, 3.05) is 0 Å². The van der Waals surface area contributed by atoms with Crippen molar-refractivity contribution in [3.8, 4) is 10.6 Å². The Kier molecular flexibility index (Phi) is 2.62. The molecular formula is C8H4BrClN2S. The zero-order valence-corrected chi connectivity index (χ0v) is 9.53. The predicted molar refractivity (Wildman–Crippen MR) is 58.1 cm³/mol. The van der Waals surface area contributed by atoms with Crippen LogP contribution in [0.4, 0.5) is 0 Å². The van der Waals surface area contributed by atoms with E-state index < -0.39 is 0 Å². The van der Waals surface area contributed by atoms with Crippen molar-refractivity contribution >= 4 is 38.9 Å². The first kappa shape index (κ1) is 9.12. The van der Waals surface area contributed by atoms with Crippen molar-refractivity contribution in [1.82, 2.24) is 10.2 Å². The van der Waals surface area contributed by atoms with Gasteiger partial charge in [-0.25, -0.2) is 0 Å². The largest absolute Gasteiger partial charge is 0.157 e. The summed E-state index contributed by atoms with van der Waals surface area (Å²) in [4.78, 5) is 1.03. The fourth-order valence-corrected chi connectivity index (χ4v) is 2.22. The fourth-order valence-electron chi connectivity index (χ4n) is 0.915. The van der Waals surface area contributed by atoms with Gasteiger partial charge in [0.2, 0.25) is 0 Å². The van der Waals surface area contributed by atoms with Gasteiger partial charge in [-0.1, -0.05) is 11.6 Å². The predicted octanol–water partition coefficient (Wildman–Crippen LogP) is 3.62. The van der Waals surface area contributed by atoms with Crippen molar-refractivity contribution in [2.24, 2.45) is 0 Å². The molecule has 13 heavy (non-hydrogen) atoms. The highest BCUT2D eigenvalue weighted by atomic mass is 79.9. The van der Waals surface area contributed by atoms with Crippen LogP contribution in [0.25, 0.3) is 10.6 Å². The minimum Gasteiger partial charge on any atom is -0.157 e. The third-order valence-electron chi connectivity index (χ3n) is 1.45. The second kappa shape index (κ2) is 3.74. The molecule has 0 saturated carbocycles. The Bertz CT molecular complexity index is 430. The molecule has 2 rings (SSSR count). The zero-order chi connectivity index (χ0) is 9.26. The van der Waals surface area contributed by atoms with E-state index >= 15 is 0 Å². The van der Waals surface area contributed by atoms with Gasteiger partial charge in [-0.2, -0.15) is 5.10 Å². The highest BCUT2D eigenvalue weighted by molar-refractivity contribution is 9.10. The first-order valence-electron chi connectivity index (χ1n) is 3.49. The Labute approximate surface area is 92.7 Å². The van der Waals surface area contributed by atoms with E-state index in [9.17, 15) is 0 Å². The average molecular weight is 276 g/mol. The molecule has 0 aliphatic rings. The lowest BCUT2D eigenvalue weighted by atomic mass is 10.3. The summed E-state index contributed by atoms with van der Waals surface area (Å²) in [5.41, 5.74) is 0.839. The van der Waals surface area contributed by atoms with Crippen molar-refractivity contribution in [3.63, 3.8) is 0 Å². The maximum absolute atomic E-state index is 5.81. The van der Waals surface area contributed by atoms with Gasteiger partial charge in [0.15, 0.2) is 0 Å². The van der Waals surface area contributed by atoms with E-state index in [2.05, 4.69) is 26.1 Å². The van der Waals surface area contributed by atoms with Crippen molar-refractivity contribution in [1.29, 1.82) is 0 Å². The monoisotopic (exact) mass is 274 g/mol.